The standard InChI is InChI=1S/C3H10N4O2/c1-5-6(4)2-3-7(8)9/h5H,2-4H2,1H3. The number of nitro groups is 1. The monoisotopic (exact) mass is 134 g/mol. The Bertz CT molecular complexity index is 95.8. The van der Waals surface area contributed by atoms with E-state index in [9.17, 15) is 10.1 Å². The SMILES string of the molecule is CNN(N)CC[N+](=O)[O-]. The molecular weight excluding hydrogens is 124 g/mol. The normalized spacial score (nSPS) is 10.1. The minimum absolute atomic E-state index is 0.142. The highest BCUT2D eigenvalue weighted by Crippen LogP contribution is 1.70. The Hall–Kier alpha value is -0.720. The average Bonchev–Trinajstić information content (AvgIpc) is 1.83. The van der Waals surface area contributed by atoms with Crippen LogP contribution in [0.5, 0.6) is 0 Å². The largest absolute Gasteiger partial charge is 0.264 e. The summed E-state index contributed by atoms with van der Waals surface area (Å²) >= 11 is 0. The average molecular weight is 134 g/mol. The summed E-state index contributed by atoms with van der Waals surface area (Å²) in [6.07, 6.45) is 0. The fourth-order valence-corrected chi connectivity index (χ4v) is 0.301. The molecule has 54 valence electrons. The molecule has 0 rings (SSSR count). The molecule has 0 unspecified atom stereocenters. The van der Waals surface area contributed by atoms with Gasteiger partial charge in [0.2, 0.25) is 6.54 Å². The number of hydrogen-bond donors (Lipinski definition) is 2. The van der Waals surface area contributed by atoms with E-state index in [0.29, 0.717) is 0 Å². The number of hydrogen-bond acceptors (Lipinski definition) is 5. The summed E-state index contributed by atoms with van der Waals surface area (Å²) in [4.78, 5) is 9.30. The van der Waals surface area contributed by atoms with Crippen LogP contribution in [0.4, 0.5) is 0 Å². The van der Waals surface area contributed by atoms with E-state index < -0.39 is 4.92 Å². The van der Waals surface area contributed by atoms with Gasteiger partial charge in [0.25, 0.3) is 0 Å². The quantitative estimate of drug-likeness (QED) is 0.280. The molecule has 0 radical (unpaired) electrons. The van der Waals surface area contributed by atoms with Crippen molar-refractivity contribution in [2.75, 3.05) is 20.1 Å². The van der Waals surface area contributed by atoms with Crippen LogP contribution in [-0.2, 0) is 0 Å². The van der Waals surface area contributed by atoms with Crippen molar-refractivity contribution < 1.29 is 4.92 Å². The third kappa shape index (κ3) is 5.15. The fraction of sp³-hybridized carbons (Fsp3) is 1.00. The van der Waals surface area contributed by atoms with Gasteiger partial charge in [0.05, 0.1) is 6.54 Å². The number of nitrogens with one attached hydrogen (secondary N) is 1. The van der Waals surface area contributed by atoms with E-state index in [1.165, 1.54) is 0 Å². The van der Waals surface area contributed by atoms with Crippen molar-refractivity contribution in [2.45, 2.75) is 0 Å². The Morgan fingerprint density at radius 1 is 1.89 bits per heavy atom. The molecule has 0 atom stereocenters. The Labute approximate surface area is 52.7 Å². The zero-order chi connectivity index (χ0) is 7.28. The first kappa shape index (κ1) is 8.28. The van der Waals surface area contributed by atoms with Crippen LogP contribution in [0.3, 0.4) is 0 Å². The molecule has 0 amide bonds. The van der Waals surface area contributed by atoms with Crippen LogP contribution >= 0.6 is 0 Å². The number of hydrazine groups is 2. The van der Waals surface area contributed by atoms with E-state index >= 15 is 0 Å². The van der Waals surface area contributed by atoms with Crippen LogP contribution in [0.15, 0.2) is 0 Å². The first-order valence-electron chi connectivity index (χ1n) is 2.48. The highest BCUT2D eigenvalue weighted by atomic mass is 16.6. The minimum atomic E-state index is -0.419. The van der Waals surface area contributed by atoms with Gasteiger partial charge in [0.1, 0.15) is 0 Å². The molecule has 6 heteroatoms. The Morgan fingerprint density at radius 3 is 2.78 bits per heavy atom. The second-order valence-electron chi connectivity index (χ2n) is 1.47. The van der Waals surface area contributed by atoms with E-state index in [4.69, 9.17) is 5.84 Å². The van der Waals surface area contributed by atoms with Crippen molar-refractivity contribution in [3.8, 4) is 0 Å². The lowest BCUT2D eigenvalue weighted by molar-refractivity contribution is -0.480. The van der Waals surface area contributed by atoms with Crippen LogP contribution in [0, 0.1) is 10.1 Å². The zero-order valence-corrected chi connectivity index (χ0v) is 5.20. The zero-order valence-electron chi connectivity index (χ0n) is 5.20. The molecule has 0 aromatic carbocycles. The van der Waals surface area contributed by atoms with Crippen molar-refractivity contribution in [3.63, 3.8) is 0 Å². The second kappa shape index (κ2) is 4.19. The molecule has 0 saturated carbocycles. The highest BCUT2D eigenvalue weighted by Gasteiger charge is 1.99. The van der Waals surface area contributed by atoms with Crippen molar-refractivity contribution in [2.24, 2.45) is 5.84 Å². The summed E-state index contributed by atoms with van der Waals surface area (Å²) in [5, 5.41) is 10.9. The molecule has 0 spiro atoms. The van der Waals surface area contributed by atoms with Crippen LogP contribution < -0.4 is 11.3 Å². The summed E-state index contributed by atoms with van der Waals surface area (Å²) in [7, 11) is 1.60. The number of nitrogens with zero attached hydrogens (tertiary/aromatic N) is 2. The Kier molecular flexibility index (Phi) is 3.85. The fourth-order valence-electron chi connectivity index (χ4n) is 0.301. The van der Waals surface area contributed by atoms with E-state index in [1.54, 1.807) is 7.05 Å². The van der Waals surface area contributed by atoms with Gasteiger partial charge in [-0.05, 0) is 0 Å². The molecule has 0 aromatic rings. The molecule has 3 N–H and O–H groups in total. The van der Waals surface area contributed by atoms with Crippen LogP contribution in [-0.4, -0.2) is 30.2 Å². The lowest BCUT2D eigenvalue weighted by atomic mass is 10.7. The van der Waals surface area contributed by atoms with Gasteiger partial charge >= 0.3 is 0 Å². The van der Waals surface area contributed by atoms with Gasteiger partial charge in [-0.1, -0.05) is 0 Å². The first-order chi connectivity index (χ1) is 4.16. The molecule has 6 nitrogen and oxygen atoms in total. The summed E-state index contributed by atoms with van der Waals surface area (Å²) in [6.45, 7) is 0.0703. The molecular formula is C3H10N4O2. The van der Waals surface area contributed by atoms with Crippen LogP contribution in [0.25, 0.3) is 0 Å². The minimum Gasteiger partial charge on any atom is -0.264 e. The highest BCUT2D eigenvalue weighted by molar-refractivity contribution is 4.34. The molecule has 0 aliphatic rings. The Morgan fingerprint density at radius 2 is 2.44 bits per heavy atom. The van der Waals surface area contributed by atoms with Gasteiger partial charge in [-0.25, -0.2) is 5.43 Å². The van der Waals surface area contributed by atoms with E-state index in [1.807, 2.05) is 0 Å². The third-order valence-electron chi connectivity index (χ3n) is 0.811. The molecule has 0 aliphatic heterocycles. The summed E-state index contributed by atoms with van der Waals surface area (Å²) in [6, 6.07) is 0. The van der Waals surface area contributed by atoms with Gasteiger partial charge in [-0.2, -0.15) is 5.12 Å². The third-order valence-corrected chi connectivity index (χ3v) is 0.811. The maximum atomic E-state index is 9.72. The molecule has 0 saturated heterocycles. The lowest BCUT2D eigenvalue weighted by Crippen LogP contribution is -2.43. The van der Waals surface area contributed by atoms with Crippen molar-refractivity contribution in [1.29, 1.82) is 0 Å². The predicted octanol–water partition coefficient (Wildman–Crippen LogP) is -1.43. The lowest BCUT2D eigenvalue weighted by Gasteiger charge is -2.10. The van der Waals surface area contributed by atoms with Gasteiger partial charge in [-0.15, -0.1) is 0 Å². The second-order valence-corrected chi connectivity index (χ2v) is 1.47. The maximum absolute atomic E-state index is 9.72. The first-order valence-corrected chi connectivity index (χ1v) is 2.48. The Balaban J connectivity index is 3.16. The van der Waals surface area contributed by atoms with Gasteiger partial charge in [0.15, 0.2) is 0 Å². The molecule has 0 aliphatic carbocycles. The molecule has 9 heavy (non-hydrogen) atoms. The van der Waals surface area contributed by atoms with Crippen molar-refractivity contribution in [3.05, 3.63) is 10.1 Å². The van der Waals surface area contributed by atoms with Gasteiger partial charge in [-0.3, -0.25) is 16.0 Å². The topological polar surface area (TPSA) is 84.4 Å². The smallest absolute Gasteiger partial charge is 0.219 e. The van der Waals surface area contributed by atoms with Crippen molar-refractivity contribution >= 4 is 0 Å². The van der Waals surface area contributed by atoms with Gasteiger partial charge < -0.3 is 0 Å². The molecule has 0 fully saturated rings. The van der Waals surface area contributed by atoms with E-state index in [0.717, 1.165) is 5.12 Å². The summed E-state index contributed by atoms with van der Waals surface area (Å²) in [5.41, 5.74) is 2.53. The molecule has 0 bridgehead atoms. The van der Waals surface area contributed by atoms with Gasteiger partial charge in [0, 0.05) is 12.0 Å². The number of rotatable bonds is 4. The van der Waals surface area contributed by atoms with E-state index in [2.05, 4.69) is 5.43 Å². The molecule has 0 aromatic heterocycles. The van der Waals surface area contributed by atoms with Crippen LogP contribution in [0.2, 0.25) is 0 Å². The van der Waals surface area contributed by atoms with Crippen molar-refractivity contribution in [1.82, 2.24) is 10.5 Å². The van der Waals surface area contributed by atoms with E-state index in [-0.39, 0.29) is 13.1 Å². The number of nitrogens with two attached hydrogens (primary N) is 1. The maximum Gasteiger partial charge on any atom is 0.219 e. The summed E-state index contributed by atoms with van der Waals surface area (Å²) < 4.78 is 0. The predicted molar refractivity (Wildman–Crippen MR) is 31.8 cm³/mol. The summed E-state index contributed by atoms with van der Waals surface area (Å²) in [5.74, 6) is 5.14. The molecule has 0 heterocycles. The van der Waals surface area contributed by atoms with Crippen LogP contribution in [0.1, 0.15) is 0 Å².